The SMILES string of the molecule is Cc1ccncc1NCc1ccc(N2CCOCC2)cc1. The van der Waals surface area contributed by atoms with Crippen LogP contribution in [-0.2, 0) is 11.3 Å². The number of morpholine rings is 1. The van der Waals surface area contributed by atoms with Crippen LogP contribution in [0.15, 0.2) is 42.7 Å². The lowest BCUT2D eigenvalue weighted by Crippen LogP contribution is -2.36. The molecule has 1 aliphatic rings. The Hall–Kier alpha value is -2.07. The Morgan fingerprint density at radius 1 is 1.14 bits per heavy atom. The second kappa shape index (κ2) is 6.59. The second-order valence-corrected chi connectivity index (χ2v) is 5.31. The number of anilines is 2. The number of aryl methyl sites for hydroxylation is 1. The topological polar surface area (TPSA) is 37.4 Å². The van der Waals surface area contributed by atoms with Gasteiger partial charge < -0.3 is 15.0 Å². The summed E-state index contributed by atoms with van der Waals surface area (Å²) < 4.78 is 5.39. The van der Waals surface area contributed by atoms with Crippen molar-refractivity contribution in [2.24, 2.45) is 0 Å². The van der Waals surface area contributed by atoms with E-state index in [0.29, 0.717) is 0 Å². The van der Waals surface area contributed by atoms with Crippen LogP contribution in [0.2, 0.25) is 0 Å². The van der Waals surface area contributed by atoms with Crippen molar-refractivity contribution in [2.75, 3.05) is 36.5 Å². The number of aromatic nitrogens is 1. The van der Waals surface area contributed by atoms with Crippen LogP contribution in [0.5, 0.6) is 0 Å². The first-order valence-electron chi connectivity index (χ1n) is 7.39. The third kappa shape index (κ3) is 3.52. The van der Waals surface area contributed by atoms with Crippen molar-refractivity contribution in [2.45, 2.75) is 13.5 Å². The molecule has 3 rings (SSSR count). The Bertz CT molecular complexity index is 577. The van der Waals surface area contributed by atoms with E-state index in [-0.39, 0.29) is 0 Å². The van der Waals surface area contributed by atoms with E-state index in [0.717, 1.165) is 38.5 Å². The molecule has 0 bridgehead atoms. The fourth-order valence-corrected chi connectivity index (χ4v) is 2.49. The van der Waals surface area contributed by atoms with E-state index in [1.165, 1.54) is 16.8 Å². The summed E-state index contributed by atoms with van der Waals surface area (Å²) in [6.45, 7) is 6.51. The number of ether oxygens (including phenoxy) is 1. The van der Waals surface area contributed by atoms with E-state index in [2.05, 4.69) is 46.4 Å². The van der Waals surface area contributed by atoms with Crippen molar-refractivity contribution in [3.8, 4) is 0 Å². The summed E-state index contributed by atoms with van der Waals surface area (Å²) in [5.41, 5.74) is 4.86. The minimum absolute atomic E-state index is 0.815. The molecule has 2 heterocycles. The summed E-state index contributed by atoms with van der Waals surface area (Å²) in [6.07, 6.45) is 3.69. The summed E-state index contributed by atoms with van der Waals surface area (Å²) in [6, 6.07) is 10.8. The van der Waals surface area contributed by atoms with Crippen molar-refractivity contribution >= 4 is 11.4 Å². The lowest BCUT2D eigenvalue weighted by molar-refractivity contribution is 0.122. The zero-order valence-electron chi connectivity index (χ0n) is 12.4. The van der Waals surface area contributed by atoms with E-state index in [9.17, 15) is 0 Å². The molecule has 0 saturated carbocycles. The molecule has 1 saturated heterocycles. The molecule has 0 radical (unpaired) electrons. The summed E-state index contributed by atoms with van der Waals surface area (Å²) in [7, 11) is 0. The van der Waals surface area contributed by atoms with Crippen LogP contribution in [0.25, 0.3) is 0 Å². The summed E-state index contributed by atoms with van der Waals surface area (Å²) in [5, 5.41) is 3.43. The predicted octanol–water partition coefficient (Wildman–Crippen LogP) is 2.84. The molecule has 2 aromatic rings. The predicted molar refractivity (Wildman–Crippen MR) is 85.8 cm³/mol. The number of hydrogen-bond donors (Lipinski definition) is 1. The molecule has 110 valence electrons. The molecule has 4 heteroatoms. The minimum atomic E-state index is 0.815. The van der Waals surface area contributed by atoms with Gasteiger partial charge in [-0.25, -0.2) is 0 Å². The number of pyridine rings is 1. The molecule has 1 aromatic carbocycles. The van der Waals surface area contributed by atoms with Gasteiger partial charge in [-0.15, -0.1) is 0 Å². The molecule has 21 heavy (non-hydrogen) atoms. The Balaban J connectivity index is 1.60. The first-order chi connectivity index (χ1) is 10.3. The normalized spacial score (nSPS) is 15.0. The van der Waals surface area contributed by atoms with Crippen molar-refractivity contribution in [1.29, 1.82) is 0 Å². The maximum absolute atomic E-state index is 5.39. The Kier molecular flexibility index (Phi) is 4.36. The highest BCUT2D eigenvalue weighted by molar-refractivity contribution is 5.50. The van der Waals surface area contributed by atoms with Crippen LogP contribution in [0.4, 0.5) is 11.4 Å². The summed E-state index contributed by atoms with van der Waals surface area (Å²) >= 11 is 0. The van der Waals surface area contributed by atoms with Gasteiger partial charge in [-0.1, -0.05) is 12.1 Å². The van der Waals surface area contributed by atoms with E-state index in [1.807, 2.05) is 18.5 Å². The zero-order chi connectivity index (χ0) is 14.5. The fraction of sp³-hybridized carbons (Fsp3) is 0.353. The van der Waals surface area contributed by atoms with Gasteiger partial charge in [0.1, 0.15) is 0 Å². The largest absolute Gasteiger partial charge is 0.380 e. The number of nitrogens with one attached hydrogen (secondary N) is 1. The van der Waals surface area contributed by atoms with Crippen molar-refractivity contribution in [3.05, 3.63) is 53.9 Å². The quantitative estimate of drug-likeness (QED) is 0.936. The number of hydrogen-bond acceptors (Lipinski definition) is 4. The molecular weight excluding hydrogens is 262 g/mol. The highest BCUT2D eigenvalue weighted by atomic mass is 16.5. The van der Waals surface area contributed by atoms with E-state index >= 15 is 0 Å². The zero-order valence-corrected chi connectivity index (χ0v) is 12.4. The minimum Gasteiger partial charge on any atom is -0.380 e. The molecule has 1 fully saturated rings. The Morgan fingerprint density at radius 2 is 1.90 bits per heavy atom. The first kappa shape index (κ1) is 13.9. The molecule has 1 N–H and O–H groups in total. The third-order valence-corrected chi connectivity index (χ3v) is 3.83. The van der Waals surface area contributed by atoms with Crippen LogP contribution >= 0.6 is 0 Å². The third-order valence-electron chi connectivity index (χ3n) is 3.83. The van der Waals surface area contributed by atoms with E-state index in [1.54, 1.807) is 0 Å². The molecule has 1 aromatic heterocycles. The van der Waals surface area contributed by atoms with Crippen molar-refractivity contribution in [3.63, 3.8) is 0 Å². The number of benzene rings is 1. The van der Waals surface area contributed by atoms with Gasteiger partial charge in [0.05, 0.1) is 25.1 Å². The smallest absolute Gasteiger partial charge is 0.0642 e. The van der Waals surface area contributed by atoms with Crippen LogP contribution < -0.4 is 10.2 Å². The Labute approximate surface area is 125 Å². The summed E-state index contributed by atoms with van der Waals surface area (Å²) in [4.78, 5) is 6.52. The first-order valence-corrected chi connectivity index (χ1v) is 7.39. The standard InChI is InChI=1S/C17H21N3O/c1-14-6-7-18-13-17(14)19-12-15-2-4-16(5-3-15)20-8-10-21-11-9-20/h2-7,13,19H,8-12H2,1H3. The van der Waals surface area contributed by atoms with Gasteiger partial charge in [0, 0.05) is 31.5 Å². The van der Waals surface area contributed by atoms with E-state index in [4.69, 9.17) is 4.74 Å². The van der Waals surface area contributed by atoms with Gasteiger partial charge in [0.2, 0.25) is 0 Å². The maximum atomic E-state index is 5.39. The molecule has 0 spiro atoms. The van der Waals surface area contributed by atoms with Gasteiger partial charge in [0.25, 0.3) is 0 Å². The highest BCUT2D eigenvalue weighted by Gasteiger charge is 2.10. The highest BCUT2D eigenvalue weighted by Crippen LogP contribution is 2.18. The molecule has 0 atom stereocenters. The molecule has 4 nitrogen and oxygen atoms in total. The lowest BCUT2D eigenvalue weighted by atomic mass is 10.1. The number of rotatable bonds is 4. The van der Waals surface area contributed by atoms with Crippen LogP contribution in [0, 0.1) is 6.92 Å². The fourth-order valence-electron chi connectivity index (χ4n) is 2.49. The Morgan fingerprint density at radius 3 is 2.62 bits per heavy atom. The van der Waals surface area contributed by atoms with Gasteiger partial charge in [-0.2, -0.15) is 0 Å². The average Bonchev–Trinajstić information content (AvgIpc) is 2.55. The second-order valence-electron chi connectivity index (χ2n) is 5.31. The molecule has 0 unspecified atom stereocenters. The van der Waals surface area contributed by atoms with Crippen LogP contribution in [-0.4, -0.2) is 31.3 Å². The van der Waals surface area contributed by atoms with Crippen molar-refractivity contribution < 1.29 is 4.74 Å². The maximum Gasteiger partial charge on any atom is 0.0642 e. The van der Waals surface area contributed by atoms with Crippen molar-refractivity contribution in [1.82, 2.24) is 4.98 Å². The van der Waals surface area contributed by atoms with Gasteiger partial charge in [-0.3, -0.25) is 4.98 Å². The molecule has 1 aliphatic heterocycles. The van der Waals surface area contributed by atoms with Gasteiger partial charge in [0.15, 0.2) is 0 Å². The van der Waals surface area contributed by atoms with Crippen LogP contribution in [0.1, 0.15) is 11.1 Å². The van der Waals surface area contributed by atoms with Crippen LogP contribution in [0.3, 0.4) is 0 Å². The average molecular weight is 283 g/mol. The monoisotopic (exact) mass is 283 g/mol. The van der Waals surface area contributed by atoms with Gasteiger partial charge >= 0.3 is 0 Å². The summed E-state index contributed by atoms with van der Waals surface area (Å²) in [5.74, 6) is 0. The molecule has 0 amide bonds. The lowest BCUT2D eigenvalue weighted by Gasteiger charge is -2.28. The van der Waals surface area contributed by atoms with Gasteiger partial charge in [-0.05, 0) is 36.2 Å². The number of nitrogens with zero attached hydrogens (tertiary/aromatic N) is 2. The molecule has 0 aliphatic carbocycles. The van der Waals surface area contributed by atoms with E-state index < -0.39 is 0 Å². The molecular formula is C17H21N3O.